The summed E-state index contributed by atoms with van der Waals surface area (Å²) in [6.45, 7) is -2.76. The predicted octanol–water partition coefficient (Wildman–Crippen LogP) is 4.35. The van der Waals surface area contributed by atoms with Gasteiger partial charge >= 0.3 is 12.4 Å². The minimum Gasteiger partial charge on any atom is -0.496 e. The van der Waals surface area contributed by atoms with Crippen LogP contribution in [0.4, 0.5) is 14.6 Å². The Bertz CT molecular complexity index is 1130. The maximum Gasteiger partial charge on any atom is 0.389 e. The molecule has 1 aromatic heterocycles. The molecule has 3 aromatic rings. The van der Waals surface area contributed by atoms with E-state index in [0.717, 1.165) is 0 Å². The molecule has 31 heavy (non-hydrogen) atoms. The number of carbonyl (C=O) groups is 1. The Kier molecular flexibility index (Phi) is 6.71. The average molecular weight is 429 g/mol. The lowest BCUT2D eigenvalue weighted by Crippen LogP contribution is -2.04. The fourth-order valence-corrected chi connectivity index (χ4v) is 2.83. The van der Waals surface area contributed by atoms with Gasteiger partial charge in [-0.2, -0.15) is 13.5 Å². The summed E-state index contributed by atoms with van der Waals surface area (Å²) < 4.78 is 35.7. The molecule has 3 rings (SSSR count). The van der Waals surface area contributed by atoms with Crippen molar-refractivity contribution in [1.29, 1.82) is 0 Å². The van der Waals surface area contributed by atoms with E-state index in [-0.39, 0.29) is 29.5 Å². The SMILES string of the molecule is COc1ccc(/C=C/C(=O)c2cccc(OC(F)F)c2)cc1Cn1ccc([N+](=O)[O-])n1. The summed E-state index contributed by atoms with van der Waals surface area (Å²) in [6, 6.07) is 12.0. The van der Waals surface area contributed by atoms with Crippen LogP contribution in [0.3, 0.4) is 0 Å². The number of benzene rings is 2. The van der Waals surface area contributed by atoms with Gasteiger partial charge in [-0.15, -0.1) is 0 Å². The van der Waals surface area contributed by atoms with Gasteiger partial charge in [-0.05, 0) is 40.8 Å². The van der Waals surface area contributed by atoms with Gasteiger partial charge in [0.25, 0.3) is 0 Å². The quantitative estimate of drug-likeness (QED) is 0.217. The van der Waals surface area contributed by atoms with Crippen LogP contribution in [0.1, 0.15) is 21.5 Å². The second-order valence-corrected chi connectivity index (χ2v) is 6.30. The minimum atomic E-state index is -2.98. The highest BCUT2D eigenvalue weighted by Gasteiger charge is 2.13. The number of allylic oxidation sites excluding steroid dienone is 1. The highest BCUT2D eigenvalue weighted by molar-refractivity contribution is 6.07. The molecule has 10 heteroatoms. The van der Waals surface area contributed by atoms with Crippen LogP contribution in [-0.2, 0) is 6.54 Å². The van der Waals surface area contributed by atoms with Crippen LogP contribution in [0.25, 0.3) is 6.08 Å². The van der Waals surface area contributed by atoms with Crippen LogP contribution in [0.5, 0.6) is 11.5 Å². The molecule has 0 fully saturated rings. The monoisotopic (exact) mass is 429 g/mol. The molecule has 0 unspecified atom stereocenters. The lowest BCUT2D eigenvalue weighted by molar-refractivity contribution is -0.389. The minimum absolute atomic E-state index is 0.103. The molecule has 0 spiro atoms. The largest absolute Gasteiger partial charge is 0.496 e. The van der Waals surface area contributed by atoms with Crippen molar-refractivity contribution in [2.75, 3.05) is 7.11 Å². The second-order valence-electron chi connectivity index (χ2n) is 6.30. The lowest BCUT2D eigenvalue weighted by Gasteiger charge is -2.08. The fourth-order valence-electron chi connectivity index (χ4n) is 2.83. The smallest absolute Gasteiger partial charge is 0.389 e. The number of hydrogen-bond donors (Lipinski definition) is 0. The van der Waals surface area contributed by atoms with E-state index in [1.54, 1.807) is 24.3 Å². The molecule has 0 aliphatic heterocycles. The molecule has 0 saturated heterocycles. The van der Waals surface area contributed by atoms with Crippen LogP contribution >= 0.6 is 0 Å². The van der Waals surface area contributed by atoms with Crippen LogP contribution in [-0.4, -0.2) is 34.2 Å². The van der Waals surface area contributed by atoms with E-state index in [9.17, 15) is 23.7 Å². The third-order valence-corrected chi connectivity index (χ3v) is 4.22. The summed E-state index contributed by atoms with van der Waals surface area (Å²) in [5.41, 5.74) is 1.57. The topological polar surface area (TPSA) is 96.5 Å². The van der Waals surface area contributed by atoms with Gasteiger partial charge in [0.05, 0.1) is 31.0 Å². The van der Waals surface area contributed by atoms with Gasteiger partial charge in [-0.3, -0.25) is 4.79 Å². The average Bonchev–Trinajstić information content (AvgIpc) is 3.21. The van der Waals surface area contributed by atoms with Crippen LogP contribution in [0.2, 0.25) is 0 Å². The van der Waals surface area contributed by atoms with Crippen molar-refractivity contribution in [2.45, 2.75) is 13.2 Å². The summed E-state index contributed by atoms with van der Waals surface area (Å²) in [7, 11) is 1.50. The number of methoxy groups -OCH3 is 1. The first kappa shape index (κ1) is 21.6. The van der Waals surface area contributed by atoms with Crippen LogP contribution in [0, 0.1) is 10.1 Å². The van der Waals surface area contributed by atoms with E-state index in [0.29, 0.717) is 16.9 Å². The number of ether oxygens (including phenoxy) is 2. The van der Waals surface area contributed by atoms with Crippen molar-refractivity contribution in [3.63, 3.8) is 0 Å². The zero-order valence-electron chi connectivity index (χ0n) is 16.3. The number of nitro groups is 1. The summed E-state index contributed by atoms with van der Waals surface area (Å²) in [4.78, 5) is 22.6. The third kappa shape index (κ3) is 5.72. The van der Waals surface area contributed by atoms with E-state index >= 15 is 0 Å². The van der Waals surface area contributed by atoms with E-state index in [1.165, 1.54) is 54.4 Å². The molecule has 1 heterocycles. The highest BCUT2D eigenvalue weighted by Crippen LogP contribution is 2.23. The molecule has 160 valence electrons. The summed E-state index contributed by atoms with van der Waals surface area (Å²) in [5, 5.41) is 14.7. The maximum absolute atomic E-state index is 12.4. The number of halogens is 2. The van der Waals surface area contributed by atoms with E-state index < -0.39 is 11.5 Å². The standard InChI is InChI=1S/C21H17F2N3O5/c1-30-19-8-6-14(11-16(19)13-25-10-9-20(24-25)26(28)29)5-7-18(27)15-3-2-4-17(12-15)31-21(22)23/h2-12,21H,13H2,1H3/b7-5+. The predicted molar refractivity (Wildman–Crippen MR) is 107 cm³/mol. The zero-order valence-corrected chi connectivity index (χ0v) is 16.3. The molecule has 2 aromatic carbocycles. The van der Waals surface area contributed by atoms with Gasteiger partial charge in [-0.25, -0.2) is 0 Å². The molecule has 8 nitrogen and oxygen atoms in total. The van der Waals surface area contributed by atoms with Gasteiger partial charge in [0.1, 0.15) is 11.5 Å². The number of hydrogen-bond acceptors (Lipinski definition) is 6. The van der Waals surface area contributed by atoms with Crippen LogP contribution in [0.15, 0.2) is 60.8 Å². The maximum atomic E-state index is 12.4. The molecule has 0 saturated carbocycles. The van der Waals surface area contributed by atoms with Crippen molar-refractivity contribution in [2.24, 2.45) is 0 Å². The number of carbonyl (C=O) groups excluding carboxylic acids is 1. The number of alkyl halides is 2. The van der Waals surface area contributed by atoms with E-state index in [4.69, 9.17) is 4.74 Å². The van der Waals surface area contributed by atoms with Crippen molar-refractivity contribution in [3.05, 3.63) is 87.6 Å². The lowest BCUT2D eigenvalue weighted by atomic mass is 10.1. The molecule has 0 radical (unpaired) electrons. The molecule has 0 amide bonds. The number of ketones is 1. The first-order chi connectivity index (χ1) is 14.9. The Morgan fingerprint density at radius 1 is 1.26 bits per heavy atom. The van der Waals surface area contributed by atoms with Gasteiger partial charge in [0.2, 0.25) is 0 Å². The molecular formula is C21H17F2N3O5. The molecule has 0 atom stereocenters. The second kappa shape index (κ2) is 9.61. The van der Waals surface area contributed by atoms with Crippen molar-refractivity contribution in [1.82, 2.24) is 9.78 Å². The first-order valence-corrected chi connectivity index (χ1v) is 8.98. The Labute approximate surface area is 175 Å². The highest BCUT2D eigenvalue weighted by atomic mass is 19.3. The molecule has 0 N–H and O–H groups in total. The Hall–Kier alpha value is -4.08. The number of rotatable bonds is 9. The number of aromatic nitrogens is 2. The number of nitrogens with zero attached hydrogens (tertiary/aromatic N) is 3. The molecular weight excluding hydrogens is 412 g/mol. The van der Waals surface area contributed by atoms with Gasteiger partial charge < -0.3 is 19.6 Å². The van der Waals surface area contributed by atoms with E-state index in [2.05, 4.69) is 9.84 Å². The normalized spacial score (nSPS) is 11.1. The summed E-state index contributed by atoms with van der Waals surface area (Å²) >= 11 is 0. The molecule has 0 aliphatic rings. The summed E-state index contributed by atoms with van der Waals surface area (Å²) in [6.07, 6.45) is 4.36. The zero-order chi connectivity index (χ0) is 22.4. The Morgan fingerprint density at radius 3 is 2.74 bits per heavy atom. The Morgan fingerprint density at radius 2 is 2.06 bits per heavy atom. The van der Waals surface area contributed by atoms with Gasteiger partial charge in [-0.1, -0.05) is 24.3 Å². The summed E-state index contributed by atoms with van der Waals surface area (Å²) in [5.74, 6) is -0.203. The van der Waals surface area contributed by atoms with Gasteiger partial charge in [0.15, 0.2) is 5.78 Å². The molecule has 0 bridgehead atoms. The fraction of sp³-hybridized carbons (Fsp3) is 0.143. The molecule has 0 aliphatic carbocycles. The van der Waals surface area contributed by atoms with Crippen molar-refractivity contribution < 1.29 is 28.0 Å². The van der Waals surface area contributed by atoms with Crippen molar-refractivity contribution in [3.8, 4) is 11.5 Å². The third-order valence-electron chi connectivity index (χ3n) is 4.22. The first-order valence-electron chi connectivity index (χ1n) is 8.98. The van der Waals surface area contributed by atoms with Gasteiger partial charge in [0, 0.05) is 11.1 Å². The van der Waals surface area contributed by atoms with Crippen LogP contribution < -0.4 is 9.47 Å². The van der Waals surface area contributed by atoms with E-state index in [1.807, 2.05) is 0 Å². The Balaban J connectivity index is 1.78. The van der Waals surface area contributed by atoms with Crippen molar-refractivity contribution >= 4 is 17.7 Å².